The zero-order valence-corrected chi connectivity index (χ0v) is 14.2. The summed E-state index contributed by atoms with van der Waals surface area (Å²) in [4.78, 5) is 17.8. The van der Waals surface area contributed by atoms with Crippen molar-refractivity contribution < 1.29 is 14.3 Å². The van der Waals surface area contributed by atoms with Gasteiger partial charge in [0.1, 0.15) is 22.2 Å². The molecule has 0 saturated heterocycles. The van der Waals surface area contributed by atoms with Gasteiger partial charge in [0, 0.05) is 29.3 Å². The molecule has 118 valence electrons. The van der Waals surface area contributed by atoms with Gasteiger partial charge < -0.3 is 14.8 Å². The molecule has 0 saturated carbocycles. The number of nitrogens with one attached hydrogen (secondary N) is 1. The number of thiophene rings is 1. The fourth-order valence-electron chi connectivity index (χ4n) is 1.97. The quantitative estimate of drug-likeness (QED) is 0.754. The van der Waals surface area contributed by atoms with Gasteiger partial charge in [-0.3, -0.25) is 4.79 Å². The summed E-state index contributed by atoms with van der Waals surface area (Å²) in [5, 5.41) is 7.39. The van der Waals surface area contributed by atoms with Crippen molar-refractivity contribution in [2.75, 3.05) is 19.5 Å². The Morgan fingerprint density at radius 3 is 2.48 bits per heavy atom. The molecule has 0 aliphatic carbocycles. The number of methoxy groups -OCH3 is 2. The van der Waals surface area contributed by atoms with E-state index in [-0.39, 0.29) is 5.91 Å². The summed E-state index contributed by atoms with van der Waals surface area (Å²) in [5.41, 5.74) is 0.983. The molecule has 3 rings (SSSR count). The number of hydrogen-bond donors (Lipinski definition) is 1. The van der Waals surface area contributed by atoms with Crippen LogP contribution in [0.15, 0.2) is 41.1 Å². The van der Waals surface area contributed by atoms with E-state index in [1.54, 1.807) is 49.1 Å². The van der Waals surface area contributed by atoms with Crippen molar-refractivity contribution in [2.24, 2.45) is 0 Å². The van der Waals surface area contributed by atoms with E-state index in [0.29, 0.717) is 22.9 Å². The Morgan fingerprint density at radius 2 is 1.87 bits per heavy atom. The molecule has 23 heavy (non-hydrogen) atoms. The Hall–Kier alpha value is -2.38. The Bertz CT molecular complexity index is 790. The first-order chi connectivity index (χ1) is 11.2. The lowest BCUT2D eigenvalue weighted by atomic mass is 10.2. The van der Waals surface area contributed by atoms with Gasteiger partial charge in [0.15, 0.2) is 0 Å². The zero-order chi connectivity index (χ0) is 16.2. The van der Waals surface area contributed by atoms with E-state index in [2.05, 4.69) is 10.3 Å². The highest BCUT2D eigenvalue weighted by molar-refractivity contribution is 7.20. The largest absolute Gasteiger partial charge is 0.497 e. The lowest BCUT2D eigenvalue weighted by molar-refractivity contribution is 0.102. The molecular formula is C16H14N2O3S2. The standard InChI is InChI=1S/C16H14N2O3S2/c1-20-11-6-10(7-12(8-11)21-2)17-15(19)13-9-23-16(18-13)14-4-3-5-22-14/h3-9H,1-2H3,(H,17,19). The van der Waals surface area contributed by atoms with Gasteiger partial charge in [0.05, 0.1) is 19.1 Å². The van der Waals surface area contributed by atoms with Crippen LogP contribution in [0.25, 0.3) is 9.88 Å². The van der Waals surface area contributed by atoms with E-state index < -0.39 is 0 Å². The maximum Gasteiger partial charge on any atom is 0.275 e. The predicted octanol–water partition coefficient (Wildman–Crippen LogP) is 4.14. The van der Waals surface area contributed by atoms with Gasteiger partial charge >= 0.3 is 0 Å². The van der Waals surface area contributed by atoms with Crippen molar-refractivity contribution in [2.45, 2.75) is 0 Å². The maximum atomic E-state index is 12.4. The molecule has 0 bridgehead atoms. The molecule has 0 atom stereocenters. The Kier molecular flexibility index (Phi) is 4.59. The molecule has 2 aromatic heterocycles. The third-order valence-electron chi connectivity index (χ3n) is 3.08. The molecule has 0 aliphatic rings. The van der Waals surface area contributed by atoms with Crippen molar-refractivity contribution in [3.63, 3.8) is 0 Å². The highest BCUT2D eigenvalue weighted by Gasteiger charge is 2.13. The van der Waals surface area contributed by atoms with E-state index in [4.69, 9.17) is 9.47 Å². The van der Waals surface area contributed by atoms with Gasteiger partial charge in [0.25, 0.3) is 5.91 Å². The molecule has 3 aromatic rings. The number of nitrogens with zero attached hydrogens (tertiary/aromatic N) is 1. The third-order valence-corrected chi connectivity index (χ3v) is 4.96. The third kappa shape index (κ3) is 3.52. The lowest BCUT2D eigenvalue weighted by Crippen LogP contribution is -2.12. The molecule has 1 N–H and O–H groups in total. The van der Waals surface area contributed by atoms with E-state index in [0.717, 1.165) is 9.88 Å². The highest BCUT2D eigenvalue weighted by Crippen LogP contribution is 2.29. The summed E-state index contributed by atoms with van der Waals surface area (Å²) in [6.45, 7) is 0. The lowest BCUT2D eigenvalue weighted by Gasteiger charge is -2.09. The van der Waals surface area contributed by atoms with Crippen LogP contribution in [0.3, 0.4) is 0 Å². The van der Waals surface area contributed by atoms with E-state index >= 15 is 0 Å². The van der Waals surface area contributed by atoms with Crippen molar-refractivity contribution in [3.8, 4) is 21.4 Å². The van der Waals surface area contributed by atoms with Gasteiger partial charge in [-0.2, -0.15) is 0 Å². The summed E-state index contributed by atoms with van der Waals surface area (Å²) in [7, 11) is 3.13. The molecule has 0 spiro atoms. The number of amides is 1. The number of carbonyl (C=O) groups excluding carboxylic acids is 1. The number of anilines is 1. The highest BCUT2D eigenvalue weighted by atomic mass is 32.1. The molecule has 0 radical (unpaired) electrons. The molecular weight excluding hydrogens is 332 g/mol. The molecule has 5 nitrogen and oxygen atoms in total. The van der Waals surface area contributed by atoms with Crippen LogP contribution >= 0.6 is 22.7 Å². The summed E-state index contributed by atoms with van der Waals surface area (Å²) in [5.74, 6) is 0.953. The number of hydrogen-bond acceptors (Lipinski definition) is 6. The van der Waals surface area contributed by atoms with E-state index in [1.807, 2.05) is 17.5 Å². The fraction of sp³-hybridized carbons (Fsp3) is 0.125. The Labute approximate surface area is 141 Å². The normalized spacial score (nSPS) is 10.3. The monoisotopic (exact) mass is 346 g/mol. The smallest absolute Gasteiger partial charge is 0.275 e. The number of thiazole rings is 1. The average Bonchev–Trinajstić information content (AvgIpc) is 3.25. The fourth-order valence-corrected chi connectivity index (χ4v) is 3.58. The van der Waals surface area contributed by atoms with E-state index in [1.165, 1.54) is 11.3 Å². The number of ether oxygens (including phenoxy) is 2. The van der Waals surface area contributed by atoms with Crippen molar-refractivity contribution in [1.82, 2.24) is 4.98 Å². The summed E-state index contributed by atoms with van der Waals surface area (Å²) in [6, 6.07) is 9.15. The molecule has 7 heteroatoms. The summed E-state index contributed by atoms with van der Waals surface area (Å²) < 4.78 is 10.4. The molecule has 0 unspecified atom stereocenters. The van der Waals surface area contributed by atoms with E-state index in [9.17, 15) is 4.79 Å². The van der Waals surface area contributed by atoms with Crippen LogP contribution in [0.5, 0.6) is 11.5 Å². The maximum absolute atomic E-state index is 12.4. The number of rotatable bonds is 5. The van der Waals surface area contributed by atoms with Crippen LogP contribution in [0, 0.1) is 0 Å². The predicted molar refractivity (Wildman–Crippen MR) is 92.9 cm³/mol. The SMILES string of the molecule is COc1cc(NC(=O)c2csc(-c3cccs3)n2)cc(OC)c1. The second kappa shape index (κ2) is 6.80. The first kappa shape index (κ1) is 15.5. The topological polar surface area (TPSA) is 60.5 Å². The molecule has 1 amide bonds. The molecule has 0 fully saturated rings. The minimum Gasteiger partial charge on any atom is -0.497 e. The summed E-state index contributed by atoms with van der Waals surface area (Å²) in [6.07, 6.45) is 0. The molecule has 0 aliphatic heterocycles. The van der Waals surface area contributed by atoms with Crippen molar-refractivity contribution >= 4 is 34.3 Å². The van der Waals surface area contributed by atoms with Gasteiger partial charge in [-0.15, -0.1) is 22.7 Å². The van der Waals surface area contributed by atoms with Crippen molar-refractivity contribution in [1.29, 1.82) is 0 Å². The first-order valence-electron chi connectivity index (χ1n) is 6.73. The average molecular weight is 346 g/mol. The molecule has 2 heterocycles. The van der Waals surface area contributed by atoms with Crippen LogP contribution in [-0.2, 0) is 0 Å². The second-order valence-electron chi connectivity index (χ2n) is 4.57. The van der Waals surface area contributed by atoms with Gasteiger partial charge in [0.2, 0.25) is 0 Å². The van der Waals surface area contributed by atoms with Gasteiger partial charge in [-0.1, -0.05) is 6.07 Å². The van der Waals surface area contributed by atoms with Gasteiger partial charge in [-0.05, 0) is 11.4 Å². The minimum absolute atomic E-state index is 0.264. The van der Waals surface area contributed by atoms with Crippen LogP contribution in [-0.4, -0.2) is 25.1 Å². The number of benzene rings is 1. The van der Waals surface area contributed by atoms with Gasteiger partial charge in [-0.25, -0.2) is 4.98 Å². The second-order valence-corrected chi connectivity index (χ2v) is 6.38. The number of carbonyl (C=O) groups is 1. The summed E-state index contributed by atoms with van der Waals surface area (Å²) >= 11 is 3.05. The van der Waals surface area contributed by atoms with Crippen LogP contribution < -0.4 is 14.8 Å². The molecule has 1 aromatic carbocycles. The zero-order valence-electron chi connectivity index (χ0n) is 12.5. The van der Waals surface area contributed by atoms with Crippen molar-refractivity contribution in [3.05, 3.63) is 46.8 Å². The number of aromatic nitrogens is 1. The van der Waals surface area contributed by atoms with Crippen LogP contribution in [0.2, 0.25) is 0 Å². The van der Waals surface area contributed by atoms with Crippen LogP contribution in [0.1, 0.15) is 10.5 Å². The Balaban J connectivity index is 1.79. The Morgan fingerprint density at radius 1 is 1.13 bits per heavy atom. The van der Waals surface area contributed by atoms with Crippen LogP contribution in [0.4, 0.5) is 5.69 Å². The first-order valence-corrected chi connectivity index (χ1v) is 8.49. The minimum atomic E-state index is -0.264.